The summed E-state index contributed by atoms with van der Waals surface area (Å²) in [6, 6.07) is -0.651. The number of carbonyl (C=O) groups excluding carboxylic acids is 1. The van der Waals surface area contributed by atoms with E-state index >= 15 is 0 Å². The lowest BCUT2D eigenvalue weighted by Crippen LogP contribution is -2.45. The summed E-state index contributed by atoms with van der Waals surface area (Å²) in [6.07, 6.45) is 76.7. The van der Waals surface area contributed by atoms with Gasteiger partial charge in [-0.3, -0.25) is 4.79 Å². The molecule has 0 rings (SSSR count). The van der Waals surface area contributed by atoms with E-state index in [9.17, 15) is 15.0 Å². The highest BCUT2D eigenvalue weighted by Crippen LogP contribution is 2.16. The molecule has 0 aliphatic rings. The van der Waals surface area contributed by atoms with Crippen LogP contribution in [0.15, 0.2) is 60.8 Å². The van der Waals surface area contributed by atoms with Crippen LogP contribution in [0.2, 0.25) is 0 Å². The molecular weight excluding hydrogens is 771 g/mol. The van der Waals surface area contributed by atoms with Crippen LogP contribution < -0.4 is 5.32 Å². The molecule has 368 valence electrons. The summed E-state index contributed by atoms with van der Waals surface area (Å²) < 4.78 is 0. The zero-order chi connectivity index (χ0) is 45.6. The largest absolute Gasteiger partial charge is 0.394 e. The van der Waals surface area contributed by atoms with Crippen molar-refractivity contribution in [2.45, 2.75) is 302 Å². The summed E-state index contributed by atoms with van der Waals surface area (Å²) >= 11 is 0. The number of amides is 1. The molecule has 3 N–H and O–H groups in total. The van der Waals surface area contributed by atoms with Gasteiger partial charge >= 0.3 is 0 Å². The number of aliphatic hydroxyl groups excluding tert-OH is 2. The SMILES string of the molecule is CCCCCCC/C=C\C/C=C\CCCCCCCCCCCC(=O)NC(CO)C(O)/C=C/CC/C=C/CC/C=C/CCCCCCCCCCCCCCCCCCCCCC. The van der Waals surface area contributed by atoms with E-state index in [1.54, 1.807) is 6.08 Å². The minimum absolute atomic E-state index is 0.0814. The van der Waals surface area contributed by atoms with Gasteiger partial charge in [0.25, 0.3) is 0 Å². The summed E-state index contributed by atoms with van der Waals surface area (Å²) in [5.41, 5.74) is 0. The predicted octanol–water partition coefficient (Wildman–Crippen LogP) is 18.4. The first-order valence-corrected chi connectivity index (χ1v) is 28.0. The minimum Gasteiger partial charge on any atom is -0.394 e. The number of hydrogen-bond acceptors (Lipinski definition) is 3. The Labute approximate surface area is 394 Å². The molecule has 1 amide bonds. The van der Waals surface area contributed by atoms with Crippen molar-refractivity contribution in [3.05, 3.63) is 60.8 Å². The predicted molar refractivity (Wildman–Crippen MR) is 281 cm³/mol. The Hall–Kier alpha value is -1.91. The molecule has 2 unspecified atom stereocenters. The quantitative estimate of drug-likeness (QED) is 0.0421. The van der Waals surface area contributed by atoms with Crippen molar-refractivity contribution in [1.82, 2.24) is 5.32 Å². The fourth-order valence-corrected chi connectivity index (χ4v) is 8.42. The average Bonchev–Trinajstić information content (AvgIpc) is 3.29. The summed E-state index contributed by atoms with van der Waals surface area (Å²) in [5.74, 6) is -0.0814. The second kappa shape index (κ2) is 54.4. The molecule has 4 heteroatoms. The lowest BCUT2D eigenvalue weighted by Gasteiger charge is -2.19. The maximum absolute atomic E-state index is 12.4. The second-order valence-electron chi connectivity index (χ2n) is 19.0. The van der Waals surface area contributed by atoms with Gasteiger partial charge in [-0.25, -0.2) is 0 Å². The van der Waals surface area contributed by atoms with Gasteiger partial charge in [-0.2, -0.15) is 0 Å². The Bertz CT molecular complexity index is 1040. The zero-order valence-corrected chi connectivity index (χ0v) is 42.3. The Morgan fingerprint density at radius 3 is 1.02 bits per heavy atom. The zero-order valence-electron chi connectivity index (χ0n) is 42.3. The van der Waals surface area contributed by atoms with Crippen molar-refractivity contribution < 1.29 is 15.0 Å². The van der Waals surface area contributed by atoms with Gasteiger partial charge in [0.05, 0.1) is 18.8 Å². The summed E-state index contributed by atoms with van der Waals surface area (Å²) in [4.78, 5) is 12.4. The third-order valence-electron chi connectivity index (χ3n) is 12.7. The molecule has 0 spiro atoms. The molecule has 2 atom stereocenters. The monoisotopic (exact) mass is 880 g/mol. The Morgan fingerprint density at radius 2 is 0.667 bits per heavy atom. The first-order chi connectivity index (χ1) is 31.2. The first-order valence-electron chi connectivity index (χ1n) is 28.0. The van der Waals surface area contributed by atoms with Crippen molar-refractivity contribution >= 4 is 5.91 Å². The van der Waals surface area contributed by atoms with Gasteiger partial charge in [0.2, 0.25) is 5.91 Å². The van der Waals surface area contributed by atoms with Crippen LogP contribution in [0, 0.1) is 0 Å². The summed E-state index contributed by atoms with van der Waals surface area (Å²) in [7, 11) is 0. The maximum Gasteiger partial charge on any atom is 0.220 e. The van der Waals surface area contributed by atoms with E-state index in [1.165, 1.54) is 225 Å². The van der Waals surface area contributed by atoms with E-state index in [4.69, 9.17) is 0 Å². The molecule has 0 aromatic heterocycles. The Morgan fingerprint density at radius 1 is 0.381 bits per heavy atom. The number of carbonyl (C=O) groups is 1. The topological polar surface area (TPSA) is 69.6 Å². The molecule has 0 bridgehead atoms. The van der Waals surface area contributed by atoms with Crippen LogP contribution in [-0.4, -0.2) is 34.9 Å². The highest BCUT2D eigenvalue weighted by atomic mass is 16.3. The lowest BCUT2D eigenvalue weighted by atomic mass is 10.0. The highest BCUT2D eigenvalue weighted by Gasteiger charge is 2.18. The van der Waals surface area contributed by atoms with Crippen molar-refractivity contribution in [1.29, 1.82) is 0 Å². The van der Waals surface area contributed by atoms with Gasteiger partial charge in [0, 0.05) is 6.42 Å². The van der Waals surface area contributed by atoms with Crippen molar-refractivity contribution in [2.75, 3.05) is 6.61 Å². The van der Waals surface area contributed by atoms with E-state index in [-0.39, 0.29) is 12.5 Å². The molecule has 0 aromatic carbocycles. The second-order valence-corrected chi connectivity index (χ2v) is 19.0. The van der Waals surface area contributed by atoms with Crippen molar-refractivity contribution in [3.8, 4) is 0 Å². The third-order valence-corrected chi connectivity index (χ3v) is 12.7. The molecule has 63 heavy (non-hydrogen) atoms. The molecule has 4 nitrogen and oxygen atoms in total. The molecule has 0 aromatic rings. The summed E-state index contributed by atoms with van der Waals surface area (Å²) in [6.45, 7) is 4.30. The van der Waals surface area contributed by atoms with E-state index in [2.05, 4.69) is 67.8 Å². The molecule has 0 heterocycles. The van der Waals surface area contributed by atoms with Crippen LogP contribution in [0.1, 0.15) is 290 Å². The van der Waals surface area contributed by atoms with Gasteiger partial charge < -0.3 is 15.5 Å². The molecule has 0 aliphatic heterocycles. The summed E-state index contributed by atoms with van der Waals surface area (Å²) in [5, 5.41) is 23.1. The lowest BCUT2D eigenvalue weighted by molar-refractivity contribution is -0.123. The minimum atomic E-state index is -0.875. The number of rotatable bonds is 51. The Balaban J connectivity index is 3.57. The number of hydrogen-bond donors (Lipinski definition) is 3. The van der Waals surface area contributed by atoms with Crippen LogP contribution in [0.25, 0.3) is 0 Å². The normalized spacial score (nSPS) is 13.3. The molecule has 0 fully saturated rings. The van der Waals surface area contributed by atoms with Crippen LogP contribution in [-0.2, 0) is 4.79 Å². The smallest absolute Gasteiger partial charge is 0.220 e. The van der Waals surface area contributed by atoms with E-state index < -0.39 is 12.1 Å². The van der Waals surface area contributed by atoms with Gasteiger partial charge in [-0.15, -0.1) is 0 Å². The fourth-order valence-electron chi connectivity index (χ4n) is 8.42. The van der Waals surface area contributed by atoms with Crippen molar-refractivity contribution in [3.63, 3.8) is 0 Å². The third kappa shape index (κ3) is 50.9. The van der Waals surface area contributed by atoms with Crippen LogP contribution in [0.3, 0.4) is 0 Å². The fraction of sp³-hybridized carbons (Fsp3) is 0.814. The molecule has 0 radical (unpaired) electrons. The number of nitrogens with one attached hydrogen (secondary N) is 1. The number of allylic oxidation sites excluding steroid dienone is 9. The highest BCUT2D eigenvalue weighted by molar-refractivity contribution is 5.76. The average molecular weight is 881 g/mol. The first kappa shape index (κ1) is 61.1. The van der Waals surface area contributed by atoms with E-state index in [0.717, 1.165) is 44.9 Å². The van der Waals surface area contributed by atoms with Crippen LogP contribution in [0.5, 0.6) is 0 Å². The van der Waals surface area contributed by atoms with Crippen LogP contribution >= 0.6 is 0 Å². The maximum atomic E-state index is 12.4. The standard InChI is InChI=1S/C59H109NO3/c1-3-5-7-9-11-13-15-17-19-21-23-25-26-27-28-29-30-31-32-33-35-36-38-40-42-44-46-48-50-52-54-58(62)57(56-61)60-59(63)55-53-51-49-47-45-43-41-39-37-34-24-22-20-18-16-14-12-10-8-6-4-2/h16,18,22,24,36,38,44,46,52,54,57-58,61-62H,3-15,17,19-21,23,25-35,37,39-43,45,47-51,53,55-56H2,1-2H3,(H,60,63)/b18-16-,24-22-,38-36+,46-44+,54-52+. The van der Waals surface area contributed by atoms with E-state index in [1.807, 2.05) is 6.08 Å². The van der Waals surface area contributed by atoms with Gasteiger partial charge in [0.15, 0.2) is 0 Å². The molecule has 0 saturated heterocycles. The van der Waals surface area contributed by atoms with E-state index in [0.29, 0.717) is 6.42 Å². The molecular formula is C59H109NO3. The van der Waals surface area contributed by atoms with Gasteiger partial charge in [-0.1, -0.05) is 267 Å². The number of aliphatic hydroxyl groups is 2. The van der Waals surface area contributed by atoms with Gasteiger partial charge in [0.1, 0.15) is 0 Å². The van der Waals surface area contributed by atoms with Gasteiger partial charge in [-0.05, 0) is 77.0 Å². The van der Waals surface area contributed by atoms with Crippen LogP contribution in [0.4, 0.5) is 0 Å². The number of unbranched alkanes of at least 4 members (excludes halogenated alkanes) is 36. The molecule has 0 aliphatic carbocycles. The Kier molecular flexibility index (Phi) is 52.8. The van der Waals surface area contributed by atoms with Crippen molar-refractivity contribution in [2.24, 2.45) is 0 Å². The molecule has 0 saturated carbocycles.